The van der Waals surface area contributed by atoms with E-state index in [-0.39, 0.29) is 0 Å². The second-order valence-electron chi connectivity index (χ2n) is 3.93. The number of aromatic nitrogens is 1. The maximum atomic E-state index is 5.21. The number of nitrogens with one attached hydrogen (secondary N) is 2. The van der Waals surface area contributed by atoms with Crippen molar-refractivity contribution in [2.75, 3.05) is 24.3 Å². The number of ether oxygens (including phenoxy) is 1. The van der Waals surface area contributed by atoms with E-state index in [1.54, 1.807) is 13.3 Å². The van der Waals surface area contributed by atoms with Gasteiger partial charge in [-0.05, 0) is 47.1 Å². The molecular weight excluding hydrogens is 306 g/mol. The highest BCUT2D eigenvalue weighted by Crippen LogP contribution is 2.29. The van der Waals surface area contributed by atoms with Crippen molar-refractivity contribution in [2.45, 2.75) is 6.92 Å². The molecule has 0 saturated heterocycles. The number of hydrogen-bond donors (Lipinski definition) is 2. The summed E-state index contributed by atoms with van der Waals surface area (Å²) < 4.78 is 6.12. The van der Waals surface area contributed by atoms with Crippen molar-refractivity contribution in [3.8, 4) is 5.75 Å². The lowest BCUT2D eigenvalue weighted by atomic mass is 10.3. The van der Waals surface area contributed by atoms with E-state index in [1.807, 2.05) is 37.3 Å². The molecule has 0 aliphatic carbocycles. The highest BCUT2D eigenvalue weighted by atomic mass is 79.9. The Morgan fingerprint density at radius 2 is 2.00 bits per heavy atom. The van der Waals surface area contributed by atoms with Crippen LogP contribution in [0.25, 0.3) is 0 Å². The standard InChI is InChI=1S/C14H16BrN3O/c1-3-16-14-9-11(6-7-17-14)18-10-4-5-13(19-2)12(15)8-10/h4-9H,3H2,1-2H3,(H2,16,17,18). The summed E-state index contributed by atoms with van der Waals surface area (Å²) in [6.45, 7) is 2.90. The zero-order valence-electron chi connectivity index (χ0n) is 10.9. The van der Waals surface area contributed by atoms with Crippen molar-refractivity contribution < 1.29 is 4.74 Å². The van der Waals surface area contributed by atoms with Gasteiger partial charge in [-0.25, -0.2) is 4.98 Å². The van der Waals surface area contributed by atoms with Crippen molar-refractivity contribution >= 4 is 33.1 Å². The van der Waals surface area contributed by atoms with Gasteiger partial charge in [-0.15, -0.1) is 0 Å². The van der Waals surface area contributed by atoms with Gasteiger partial charge in [-0.3, -0.25) is 0 Å². The summed E-state index contributed by atoms with van der Waals surface area (Å²) >= 11 is 3.47. The molecule has 100 valence electrons. The average Bonchev–Trinajstić information content (AvgIpc) is 2.40. The summed E-state index contributed by atoms with van der Waals surface area (Å²) in [5.41, 5.74) is 1.98. The lowest BCUT2D eigenvalue weighted by Crippen LogP contribution is -2.00. The van der Waals surface area contributed by atoms with Crippen molar-refractivity contribution in [3.63, 3.8) is 0 Å². The van der Waals surface area contributed by atoms with Crippen LogP contribution in [0.5, 0.6) is 5.75 Å². The van der Waals surface area contributed by atoms with Crippen LogP contribution < -0.4 is 15.4 Å². The normalized spacial score (nSPS) is 10.1. The van der Waals surface area contributed by atoms with Gasteiger partial charge >= 0.3 is 0 Å². The van der Waals surface area contributed by atoms with Crippen LogP contribution in [-0.4, -0.2) is 18.6 Å². The van der Waals surface area contributed by atoms with E-state index < -0.39 is 0 Å². The smallest absolute Gasteiger partial charge is 0.133 e. The number of hydrogen-bond acceptors (Lipinski definition) is 4. The zero-order valence-corrected chi connectivity index (χ0v) is 12.5. The van der Waals surface area contributed by atoms with E-state index in [9.17, 15) is 0 Å². The van der Waals surface area contributed by atoms with Gasteiger partial charge < -0.3 is 15.4 Å². The maximum absolute atomic E-state index is 5.21. The molecule has 0 radical (unpaired) electrons. The second-order valence-corrected chi connectivity index (χ2v) is 4.79. The molecule has 2 aromatic rings. The third-order valence-electron chi connectivity index (χ3n) is 2.56. The quantitative estimate of drug-likeness (QED) is 0.872. The van der Waals surface area contributed by atoms with Crippen LogP contribution in [0, 0.1) is 0 Å². The maximum Gasteiger partial charge on any atom is 0.133 e. The molecular formula is C14H16BrN3O. The van der Waals surface area contributed by atoms with Crippen molar-refractivity contribution in [2.24, 2.45) is 0 Å². The predicted octanol–water partition coefficient (Wildman–Crippen LogP) is 4.03. The third kappa shape index (κ3) is 3.61. The number of pyridine rings is 1. The average molecular weight is 322 g/mol. The Labute approximate surface area is 121 Å². The van der Waals surface area contributed by atoms with E-state index in [2.05, 4.69) is 31.5 Å². The molecule has 0 saturated carbocycles. The highest BCUT2D eigenvalue weighted by molar-refractivity contribution is 9.10. The first-order valence-corrected chi connectivity index (χ1v) is 6.82. The molecule has 0 unspecified atom stereocenters. The van der Waals surface area contributed by atoms with Gasteiger partial charge in [0.15, 0.2) is 0 Å². The minimum absolute atomic E-state index is 0.814. The SMILES string of the molecule is CCNc1cc(Nc2ccc(OC)c(Br)c2)ccn1. The number of rotatable bonds is 5. The zero-order chi connectivity index (χ0) is 13.7. The molecule has 19 heavy (non-hydrogen) atoms. The molecule has 1 heterocycles. The number of anilines is 3. The Morgan fingerprint density at radius 3 is 2.68 bits per heavy atom. The van der Waals surface area contributed by atoms with Crippen molar-refractivity contribution in [1.29, 1.82) is 0 Å². The predicted molar refractivity (Wildman–Crippen MR) is 82.4 cm³/mol. The van der Waals surface area contributed by atoms with Gasteiger partial charge in [0.05, 0.1) is 11.6 Å². The fourth-order valence-electron chi connectivity index (χ4n) is 1.70. The first kappa shape index (κ1) is 13.7. The summed E-state index contributed by atoms with van der Waals surface area (Å²) in [6.07, 6.45) is 1.78. The Morgan fingerprint density at radius 1 is 1.21 bits per heavy atom. The Bertz CT molecular complexity index is 560. The van der Waals surface area contributed by atoms with Gasteiger partial charge in [-0.2, -0.15) is 0 Å². The number of benzene rings is 1. The molecule has 4 nitrogen and oxygen atoms in total. The molecule has 5 heteroatoms. The van der Waals surface area contributed by atoms with Gasteiger partial charge in [0, 0.05) is 30.2 Å². The van der Waals surface area contributed by atoms with Crippen LogP contribution in [-0.2, 0) is 0 Å². The van der Waals surface area contributed by atoms with Crippen LogP contribution in [0.1, 0.15) is 6.92 Å². The molecule has 0 amide bonds. The molecule has 0 fully saturated rings. The van der Waals surface area contributed by atoms with E-state index in [1.165, 1.54) is 0 Å². The van der Waals surface area contributed by atoms with E-state index >= 15 is 0 Å². The molecule has 1 aromatic heterocycles. The number of halogens is 1. The van der Waals surface area contributed by atoms with Crippen LogP contribution in [0.15, 0.2) is 41.0 Å². The summed E-state index contributed by atoms with van der Waals surface area (Å²) in [4.78, 5) is 4.24. The minimum atomic E-state index is 0.814. The van der Waals surface area contributed by atoms with Gasteiger partial charge in [0.1, 0.15) is 11.6 Å². The summed E-state index contributed by atoms with van der Waals surface area (Å²) in [5, 5.41) is 6.51. The largest absolute Gasteiger partial charge is 0.496 e. The highest BCUT2D eigenvalue weighted by Gasteiger charge is 2.02. The molecule has 2 rings (SSSR count). The molecule has 1 aromatic carbocycles. The van der Waals surface area contributed by atoms with Gasteiger partial charge in [-0.1, -0.05) is 0 Å². The Hall–Kier alpha value is -1.75. The second kappa shape index (κ2) is 6.43. The van der Waals surface area contributed by atoms with Crippen LogP contribution in [0.3, 0.4) is 0 Å². The lowest BCUT2D eigenvalue weighted by molar-refractivity contribution is 0.412. The fourth-order valence-corrected chi connectivity index (χ4v) is 2.24. The summed E-state index contributed by atoms with van der Waals surface area (Å²) in [6, 6.07) is 9.77. The molecule has 0 aliphatic rings. The van der Waals surface area contributed by atoms with E-state index in [4.69, 9.17) is 4.74 Å². The molecule has 0 atom stereocenters. The Kier molecular flexibility index (Phi) is 4.63. The third-order valence-corrected chi connectivity index (χ3v) is 3.18. The van der Waals surface area contributed by atoms with Gasteiger partial charge in [0.2, 0.25) is 0 Å². The van der Waals surface area contributed by atoms with E-state index in [0.29, 0.717) is 0 Å². The summed E-state index contributed by atoms with van der Waals surface area (Å²) in [5.74, 6) is 1.67. The molecule has 2 N–H and O–H groups in total. The number of methoxy groups -OCH3 is 1. The fraction of sp³-hybridized carbons (Fsp3) is 0.214. The summed E-state index contributed by atoms with van der Waals surface area (Å²) in [7, 11) is 1.65. The van der Waals surface area contributed by atoms with Crippen LogP contribution in [0.4, 0.5) is 17.2 Å². The van der Waals surface area contributed by atoms with Crippen LogP contribution >= 0.6 is 15.9 Å². The topological polar surface area (TPSA) is 46.2 Å². The number of nitrogens with zero attached hydrogens (tertiary/aromatic N) is 1. The lowest BCUT2D eigenvalue weighted by Gasteiger charge is -2.10. The van der Waals surface area contributed by atoms with Crippen molar-refractivity contribution in [1.82, 2.24) is 4.98 Å². The minimum Gasteiger partial charge on any atom is -0.496 e. The van der Waals surface area contributed by atoms with Crippen molar-refractivity contribution in [3.05, 3.63) is 41.0 Å². The van der Waals surface area contributed by atoms with E-state index in [0.717, 1.165) is 34.0 Å². The molecule has 0 aliphatic heterocycles. The first-order chi connectivity index (χ1) is 9.22. The molecule has 0 bridgehead atoms. The van der Waals surface area contributed by atoms with Crippen LogP contribution in [0.2, 0.25) is 0 Å². The first-order valence-electron chi connectivity index (χ1n) is 6.03. The monoisotopic (exact) mass is 321 g/mol. The Balaban J connectivity index is 2.16. The molecule has 0 spiro atoms. The van der Waals surface area contributed by atoms with Gasteiger partial charge in [0.25, 0.3) is 0 Å².